The zero-order chi connectivity index (χ0) is 14.2. The van der Waals surface area contributed by atoms with E-state index in [2.05, 4.69) is 54.2 Å². The molecule has 0 radical (unpaired) electrons. The second-order valence-corrected chi connectivity index (χ2v) is 12.0. The molecule has 0 bridgehead atoms. The highest BCUT2D eigenvalue weighted by Gasteiger charge is 2.50. The second kappa shape index (κ2) is 5.78. The number of nitrogens with one attached hydrogen (secondary N) is 1. The molecule has 1 saturated heterocycles. The van der Waals surface area contributed by atoms with Crippen molar-refractivity contribution in [3.8, 4) is 0 Å². The van der Waals surface area contributed by atoms with Crippen LogP contribution < -0.4 is 5.32 Å². The predicted octanol–water partition coefficient (Wildman–Crippen LogP) is 3.26. The SMILES string of the molecule is CC[C@H]1CC([Si](C)(C)N2CCNCC2)C2C=CC=CC21. The molecule has 1 aliphatic heterocycles. The van der Waals surface area contributed by atoms with Crippen LogP contribution in [-0.4, -0.2) is 39.0 Å². The minimum absolute atomic E-state index is 0.821. The molecule has 0 aromatic carbocycles. The smallest absolute Gasteiger partial charge is 0.126 e. The molecule has 0 amide bonds. The van der Waals surface area contributed by atoms with Gasteiger partial charge in [0.2, 0.25) is 0 Å². The van der Waals surface area contributed by atoms with Gasteiger partial charge >= 0.3 is 0 Å². The van der Waals surface area contributed by atoms with Crippen molar-refractivity contribution in [2.75, 3.05) is 26.2 Å². The maximum Gasteiger partial charge on any atom is 0.126 e. The lowest BCUT2D eigenvalue weighted by Gasteiger charge is -2.45. The molecule has 1 saturated carbocycles. The lowest BCUT2D eigenvalue weighted by Crippen LogP contribution is -2.59. The zero-order valence-electron chi connectivity index (χ0n) is 13.3. The fraction of sp³-hybridized carbons (Fsp3) is 0.765. The standard InChI is InChI=1S/C17H30N2Si/c1-4-14-13-17(16-8-6-5-7-15(14)16)20(2,3)19-11-9-18-10-12-19/h5-8,14-18H,4,9-13H2,1-3H3/t14-,15?,16?,17?/m0/s1. The third kappa shape index (κ3) is 2.44. The average molecular weight is 291 g/mol. The summed E-state index contributed by atoms with van der Waals surface area (Å²) < 4.78 is 2.87. The predicted molar refractivity (Wildman–Crippen MR) is 89.3 cm³/mol. The van der Waals surface area contributed by atoms with E-state index in [4.69, 9.17) is 0 Å². The molecule has 1 heterocycles. The molecule has 2 aliphatic carbocycles. The van der Waals surface area contributed by atoms with Crippen LogP contribution in [0.15, 0.2) is 24.3 Å². The summed E-state index contributed by atoms with van der Waals surface area (Å²) in [5.41, 5.74) is 0.941. The molecular formula is C17H30N2Si. The molecule has 3 unspecified atom stereocenters. The second-order valence-electron chi connectivity index (χ2n) is 7.33. The summed E-state index contributed by atoms with van der Waals surface area (Å²) in [7, 11) is -1.33. The van der Waals surface area contributed by atoms with Crippen LogP contribution in [0.5, 0.6) is 0 Å². The molecule has 3 rings (SSSR count). The van der Waals surface area contributed by atoms with Gasteiger partial charge in [-0.3, -0.25) is 0 Å². The first-order valence-corrected chi connectivity index (χ1v) is 11.5. The first-order chi connectivity index (χ1) is 9.64. The van der Waals surface area contributed by atoms with Gasteiger partial charge in [-0.15, -0.1) is 0 Å². The molecule has 1 N–H and O–H groups in total. The summed E-state index contributed by atoms with van der Waals surface area (Å²) in [6, 6.07) is 0. The molecule has 2 nitrogen and oxygen atoms in total. The molecule has 20 heavy (non-hydrogen) atoms. The van der Waals surface area contributed by atoms with Gasteiger partial charge in [0.05, 0.1) is 0 Å². The summed E-state index contributed by atoms with van der Waals surface area (Å²) in [5, 5.41) is 3.51. The van der Waals surface area contributed by atoms with Gasteiger partial charge in [0.25, 0.3) is 0 Å². The van der Waals surface area contributed by atoms with Crippen LogP contribution in [0.4, 0.5) is 0 Å². The number of fused-ring (bicyclic) bond motifs is 1. The van der Waals surface area contributed by atoms with E-state index in [0.29, 0.717) is 0 Å². The molecule has 2 fully saturated rings. The number of nitrogens with zero attached hydrogens (tertiary/aromatic N) is 1. The van der Waals surface area contributed by atoms with E-state index in [9.17, 15) is 0 Å². The first-order valence-electron chi connectivity index (χ1n) is 8.45. The van der Waals surface area contributed by atoms with E-state index in [0.717, 1.165) is 23.3 Å². The highest BCUT2D eigenvalue weighted by atomic mass is 28.3. The molecule has 112 valence electrons. The zero-order valence-corrected chi connectivity index (χ0v) is 14.3. The minimum Gasteiger partial charge on any atom is -0.321 e. The summed E-state index contributed by atoms with van der Waals surface area (Å²) in [4.78, 5) is 0. The Morgan fingerprint density at radius 1 is 1.10 bits per heavy atom. The largest absolute Gasteiger partial charge is 0.321 e. The van der Waals surface area contributed by atoms with Gasteiger partial charge in [-0.25, -0.2) is 0 Å². The molecule has 0 aromatic rings. The topological polar surface area (TPSA) is 15.3 Å². The van der Waals surface area contributed by atoms with Crippen molar-refractivity contribution in [3.05, 3.63) is 24.3 Å². The van der Waals surface area contributed by atoms with Gasteiger partial charge in [0.15, 0.2) is 0 Å². The van der Waals surface area contributed by atoms with Gasteiger partial charge in [-0.05, 0) is 29.7 Å². The highest BCUT2D eigenvalue weighted by Crippen LogP contribution is 2.53. The van der Waals surface area contributed by atoms with E-state index < -0.39 is 8.24 Å². The Morgan fingerprint density at radius 2 is 1.75 bits per heavy atom. The van der Waals surface area contributed by atoms with Crippen LogP contribution >= 0.6 is 0 Å². The van der Waals surface area contributed by atoms with Crippen molar-refractivity contribution in [2.24, 2.45) is 17.8 Å². The van der Waals surface area contributed by atoms with E-state index >= 15 is 0 Å². The van der Waals surface area contributed by atoms with Gasteiger partial charge in [0, 0.05) is 26.2 Å². The third-order valence-corrected chi connectivity index (χ3v) is 10.7. The van der Waals surface area contributed by atoms with Gasteiger partial charge in [-0.2, -0.15) is 0 Å². The van der Waals surface area contributed by atoms with Crippen molar-refractivity contribution >= 4 is 8.24 Å². The van der Waals surface area contributed by atoms with Crippen LogP contribution in [0.1, 0.15) is 19.8 Å². The number of hydrogen-bond acceptors (Lipinski definition) is 2. The third-order valence-electron chi connectivity index (χ3n) is 6.15. The summed E-state index contributed by atoms with van der Waals surface area (Å²) in [6.07, 6.45) is 12.4. The average Bonchev–Trinajstić information content (AvgIpc) is 2.88. The van der Waals surface area contributed by atoms with Crippen LogP contribution in [-0.2, 0) is 0 Å². The van der Waals surface area contributed by atoms with Crippen LogP contribution in [0.25, 0.3) is 0 Å². The van der Waals surface area contributed by atoms with Crippen molar-refractivity contribution in [1.82, 2.24) is 9.88 Å². The maximum absolute atomic E-state index is 3.51. The van der Waals surface area contributed by atoms with Crippen LogP contribution in [0.2, 0.25) is 18.6 Å². The Bertz CT molecular complexity index is 396. The number of allylic oxidation sites excluding steroid dienone is 4. The van der Waals surface area contributed by atoms with E-state index in [-0.39, 0.29) is 0 Å². The molecular weight excluding hydrogens is 260 g/mol. The van der Waals surface area contributed by atoms with Crippen molar-refractivity contribution in [2.45, 2.75) is 38.4 Å². The summed E-state index contributed by atoms with van der Waals surface area (Å²) >= 11 is 0. The fourth-order valence-corrected chi connectivity index (χ4v) is 8.83. The van der Waals surface area contributed by atoms with Crippen molar-refractivity contribution in [3.63, 3.8) is 0 Å². The van der Waals surface area contributed by atoms with E-state index in [1.807, 2.05) is 0 Å². The summed E-state index contributed by atoms with van der Waals surface area (Å²) in [5.74, 6) is 2.56. The Kier molecular flexibility index (Phi) is 4.20. The number of hydrogen-bond donors (Lipinski definition) is 1. The molecule has 3 aliphatic rings. The van der Waals surface area contributed by atoms with Gasteiger partial charge in [-0.1, -0.05) is 50.7 Å². The Hall–Kier alpha value is -0.383. The monoisotopic (exact) mass is 290 g/mol. The van der Waals surface area contributed by atoms with Crippen LogP contribution in [0, 0.1) is 17.8 Å². The number of rotatable bonds is 3. The minimum atomic E-state index is -1.33. The van der Waals surface area contributed by atoms with Crippen LogP contribution in [0.3, 0.4) is 0 Å². The van der Waals surface area contributed by atoms with Gasteiger partial charge in [0.1, 0.15) is 8.24 Å². The van der Waals surface area contributed by atoms with E-state index in [1.165, 1.54) is 39.0 Å². The molecule has 4 atom stereocenters. The Labute approximate surface area is 125 Å². The number of piperazine rings is 1. The lowest BCUT2D eigenvalue weighted by atomic mass is 9.85. The molecule has 0 aromatic heterocycles. The molecule has 0 spiro atoms. The normalized spacial score (nSPS) is 38.1. The Balaban J connectivity index is 1.81. The summed E-state index contributed by atoms with van der Waals surface area (Å²) in [6.45, 7) is 12.5. The van der Waals surface area contributed by atoms with E-state index in [1.54, 1.807) is 0 Å². The van der Waals surface area contributed by atoms with Crippen molar-refractivity contribution in [1.29, 1.82) is 0 Å². The van der Waals surface area contributed by atoms with Gasteiger partial charge < -0.3 is 9.88 Å². The maximum atomic E-state index is 3.51. The highest BCUT2D eigenvalue weighted by molar-refractivity contribution is 6.76. The fourth-order valence-electron chi connectivity index (χ4n) is 4.83. The van der Waals surface area contributed by atoms with Crippen molar-refractivity contribution < 1.29 is 0 Å². The molecule has 3 heteroatoms. The quantitative estimate of drug-likeness (QED) is 0.803. The lowest BCUT2D eigenvalue weighted by molar-refractivity contribution is 0.346. The Morgan fingerprint density at radius 3 is 2.40 bits per heavy atom. The first kappa shape index (κ1) is 14.5.